The van der Waals surface area contributed by atoms with Crippen LogP contribution in [-0.2, 0) is 20.9 Å². The molecule has 1 heterocycles. The monoisotopic (exact) mass is 390 g/mol. The molecule has 0 saturated heterocycles. The number of nitrogens with one attached hydrogen (secondary N) is 3. The van der Waals surface area contributed by atoms with Gasteiger partial charge in [-0.25, -0.2) is 9.78 Å². The van der Waals surface area contributed by atoms with Gasteiger partial charge in [0.15, 0.2) is 11.3 Å². The normalized spacial score (nSPS) is 11.2. The Balaban J connectivity index is 1.70. The zero-order chi connectivity index (χ0) is 19.6. The number of pyridine rings is 1. The van der Waals surface area contributed by atoms with Crippen molar-refractivity contribution < 1.29 is 19.1 Å². The van der Waals surface area contributed by atoms with E-state index in [1.165, 1.54) is 13.1 Å². The predicted molar refractivity (Wildman–Crippen MR) is 100 cm³/mol. The third kappa shape index (κ3) is 6.95. The van der Waals surface area contributed by atoms with E-state index >= 15 is 0 Å². The number of ether oxygens (including phenoxy) is 1. The van der Waals surface area contributed by atoms with Crippen molar-refractivity contribution in [2.24, 2.45) is 0 Å². The lowest BCUT2D eigenvalue weighted by Gasteiger charge is -2.14. The standard InChI is InChI=1S/C18H19ClN4O4/c1-12(17(25)23-14-8-5-9-20-16(14)19)27-15(24)11-22-18(26)21-10-13-6-3-2-4-7-13/h2-9,12H,10-11H2,1H3,(H,23,25)(H2,21,22,26). The van der Waals surface area contributed by atoms with Crippen molar-refractivity contribution in [3.05, 3.63) is 59.4 Å². The van der Waals surface area contributed by atoms with Gasteiger partial charge in [-0.1, -0.05) is 41.9 Å². The number of carbonyl (C=O) groups excluding carboxylic acids is 3. The Morgan fingerprint density at radius 3 is 2.56 bits per heavy atom. The Hall–Kier alpha value is -3.13. The molecule has 0 aliphatic rings. The summed E-state index contributed by atoms with van der Waals surface area (Å²) in [5.41, 5.74) is 1.24. The third-order valence-corrected chi connectivity index (χ3v) is 3.68. The Bertz CT molecular complexity index is 801. The van der Waals surface area contributed by atoms with Gasteiger partial charge in [-0.05, 0) is 24.6 Å². The molecule has 27 heavy (non-hydrogen) atoms. The number of hydrogen-bond acceptors (Lipinski definition) is 5. The van der Waals surface area contributed by atoms with Crippen LogP contribution >= 0.6 is 11.6 Å². The molecule has 8 nitrogen and oxygen atoms in total. The number of anilines is 1. The molecule has 9 heteroatoms. The maximum atomic E-state index is 12.0. The Labute approximate surface area is 161 Å². The number of nitrogens with zero attached hydrogens (tertiary/aromatic N) is 1. The molecule has 3 N–H and O–H groups in total. The number of rotatable bonds is 7. The van der Waals surface area contributed by atoms with Gasteiger partial charge in [0.25, 0.3) is 5.91 Å². The van der Waals surface area contributed by atoms with Crippen LogP contribution < -0.4 is 16.0 Å². The first-order chi connectivity index (χ1) is 13.0. The minimum Gasteiger partial charge on any atom is -0.451 e. The maximum Gasteiger partial charge on any atom is 0.326 e. The second-order valence-corrected chi connectivity index (χ2v) is 5.84. The van der Waals surface area contributed by atoms with Gasteiger partial charge in [0.05, 0.1) is 5.69 Å². The second-order valence-electron chi connectivity index (χ2n) is 5.48. The second kappa shape index (κ2) is 10.1. The number of urea groups is 1. The van der Waals surface area contributed by atoms with Crippen LogP contribution in [0.3, 0.4) is 0 Å². The Morgan fingerprint density at radius 2 is 1.85 bits per heavy atom. The molecule has 0 saturated carbocycles. The number of amides is 3. The maximum absolute atomic E-state index is 12.0. The Kier molecular flexibility index (Phi) is 7.57. The van der Waals surface area contributed by atoms with Crippen molar-refractivity contribution in [1.82, 2.24) is 15.6 Å². The predicted octanol–water partition coefficient (Wildman–Crippen LogP) is 2.10. The summed E-state index contributed by atoms with van der Waals surface area (Å²) in [6.07, 6.45) is 0.415. The van der Waals surface area contributed by atoms with Crippen molar-refractivity contribution in [3.63, 3.8) is 0 Å². The van der Waals surface area contributed by atoms with E-state index in [1.807, 2.05) is 30.3 Å². The highest BCUT2D eigenvalue weighted by molar-refractivity contribution is 6.32. The van der Waals surface area contributed by atoms with E-state index in [4.69, 9.17) is 16.3 Å². The lowest BCUT2D eigenvalue weighted by Crippen LogP contribution is -2.40. The van der Waals surface area contributed by atoms with Crippen LogP contribution in [-0.4, -0.2) is 35.5 Å². The van der Waals surface area contributed by atoms with Crippen molar-refractivity contribution in [1.29, 1.82) is 0 Å². The summed E-state index contributed by atoms with van der Waals surface area (Å²) in [6.45, 7) is 1.37. The lowest BCUT2D eigenvalue weighted by atomic mass is 10.2. The molecule has 2 aromatic rings. The quantitative estimate of drug-likeness (QED) is 0.495. The molecule has 0 radical (unpaired) electrons. The van der Waals surface area contributed by atoms with Crippen LogP contribution in [0.4, 0.5) is 10.5 Å². The number of halogens is 1. The molecular weight excluding hydrogens is 372 g/mol. The summed E-state index contributed by atoms with van der Waals surface area (Å²) in [6, 6.07) is 12.0. The number of benzene rings is 1. The fourth-order valence-electron chi connectivity index (χ4n) is 2.00. The van der Waals surface area contributed by atoms with Gasteiger partial charge in [0.1, 0.15) is 6.54 Å². The fourth-order valence-corrected chi connectivity index (χ4v) is 2.17. The zero-order valence-corrected chi connectivity index (χ0v) is 15.3. The molecule has 1 aromatic heterocycles. The molecule has 0 bridgehead atoms. The first kappa shape index (κ1) is 20.2. The van der Waals surface area contributed by atoms with Gasteiger partial charge in [-0.3, -0.25) is 9.59 Å². The molecule has 0 spiro atoms. The first-order valence-corrected chi connectivity index (χ1v) is 8.50. The lowest BCUT2D eigenvalue weighted by molar-refractivity contribution is -0.152. The van der Waals surface area contributed by atoms with E-state index in [1.54, 1.807) is 12.1 Å². The van der Waals surface area contributed by atoms with Gasteiger partial charge in [-0.2, -0.15) is 0 Å². The van der Waals surface area contributed by atoms with Crippen molar-refractivity contribution in [3.8, 4) is 0 Å². The van der Waals surface area contributed by atoms with E-state index in [0.717, 1.165) is 5.56 Å². The highest BCUT2D eigenvalue weighted by Gasteiger charge is 2.19. The van der Waals surface area contributed by atoms with Crippen molar-refractivity contribution in [2.45, 2.75) is 19.6 Å². The average Bonchev–Trinajstić information content (AvgIpc) is 2.67. The topological polar surface area (TPSA) is 109 Å². The minimum atomic E-state index is -1.07. The number of hydrogen-bond donors (Lipinski definition) is 3. The van der Waals surface area contributed by atoms with Crippen molar-refractivity contribution >= 4 is 35.2 Å². The van der Waals surface area contributed by atoms with Crippen molar-refractivity contribution in [2.75, 3.05) is 11.9 Å². The highest BCUT2D eigenvalue weighted by Crippen LogP contribution is 2.17. The minimum absolute atomic E-state index is 0.126. The summed E-state index contributed by atoms with van der Waals surface area (Å²) in [5, 5.41) is 7.61. The molecule has 3 amide bonds. The zero-order valence-electron chi connectivity index (χ0n) is 14.6. The van der Waals surface area contributed by atoms with E-state index < -0.39 is 24.0 Å². The smallest absolute Gasteiger partial charge is 0.326 e. The van der Waals surface area contributed by atoms with Gasteiger partial charge in [-0.15, -0.1) is 0 Å². The largest absolute Gasteiger partial charge is 0.451 e. The van der Waals surface area contributed by atoms with Crippen LogP contribution in [0.1, 0.15) is 12.5 Å². The molecule has 0 aliphatic heterocycles. The third-order valence-electron chi connectivity index (χ3n) is 3.38. The van der Waals surface area contributed by atoms with E-state index in [-0.39, 0.29) is 11.7 Å². The van der Waals surface area contributed by atoms with Crippen LogP contribution in [0.15, 0.2) is 48.7 Å². The molecule has 1 aromatic carbocycles. The SMILES string of the molecule is CC(OC(=O)CNC(=O)NCc1ccccc1)C(=O)Nc1cccnc1Cl. The fraction of sp³-hybridized carbons (Fsp3) is 0.222. The van der Waals surface area contributed by atoms with E-state index in [2.05, 4.69) is 20.9 Å². The number of carbonyl (C=O) groups is 3. The molecule has 1 unspecified atom stereocenters. The van der Waals surface area contributed by atoms with Gasteiger partial charge < -0.3 is 20.7 Å². The molecule has 0 fully saturated rings. The summed E-state index contributed by atoms with van der Waals surface area (Å²) in [4.78, 5) is 39.3. The van der Waals surface area contributed by atoms with Crippen LogP contribution in [0.5, 0.6) is 0 Å². The number of aromatic nitrogens is 1. The molecule has 0 aliphatic carbocycles. The van der Waals surface area contributed by atoms with E-state index in [9.17, 15) is 14.4 Å². The van der Waals surface area contributed by atoms with Crippen LogP contribution in [0, 0.1) is 0 Å². The van der Waals surface area contributed by atoms with Crippen LogP contribution in [0.25, 0.3) is 0 Å². The first-order valence-electron chi connectivity index (χ1n) is 8.12. The molecule has 1 atom stereocenters. The average molecular weight is 391 g/mol. The summed E-state index contributed by atoms with van der Waals surface area (Å²) in [7, 11) is 0. The molecule has 142 valence electrons. The van der Waals surface area contributed by atoms with Crippen LogP contribution in [0.2, 0.25) is 5.15 Å². The molecular formula is C18H19ClN4O4. The Morgan fingerprint density at radius 1 is 1.11 bits per heavy atom. The highest BCUT2D eigenvalue weighted by atomic mass is 35.5. The van der Waals surface area contributed by atoms with Gasteiger partial charge >= 0.3 is 12.0 Å². The van der Waals surface area contributed by atoms with Gasteiger partial charge in [0, 0.05) is 12.7 Å². The number of esters is 1. The van der Waals surface area contributed by atoms with E-state index in [0.29, 0.717) is 12.2 Å². The summed E-state index contributed by atoms with van der Waals surface area (Å²) >= 11 is 5.85. The summed E-state index contributed by atoms with van der Waals surface area (Å²) in [5.74, 6) is -1.31. The molecule has 2 rings (SSSR count). The summed E-state index contributed by atoms with van der Waals surface area (Å²) < 4.78 is 4.98. The van der Waals surface area contributed by atoms with Gasteiger partial charge in [0.2, 0.25) is 0 Å².